The zero-order valence-corrected chi connectivity index (χ0v) is 18.5. The fourth-order valence-electron chi connectivity index (χ4n) is 2.32. The van der Waals surface area contributed by atoms with Gasteiger partial charge in [-0.1, -0.05) is 23.6 Å². The van der Waals surface area contributed by atoms with E-state index < -0.39 is 17.7 Å². The first-order valence-electron chi connectivity index (χ1n) is 9.40. The van der Waals surface area contributed by atoms with Crippen LogP contribution in [0.1, 0.15) is 33.3 Å². The van der Waals surface area contributed by atoms with Crippen LogP contribution in [0.3, 0.4) is 0 Å². The second-order valence-electron chi connectivity index (χ2n) is 7.51. The zero-order chi connectivity index (χ0) is 23.0. The van der Waals surface area contributed by atoms with Crippen molar-refractivity contribution in [3.63, 3.8) is 0 Å². The summed E-state index contributed by atoms with van der Waals surface area (Å²) < 4.78 is 10.9. The van der Waals surface area contributed by atoms with Gasteiger partial charge in [0.15, 0.2) is 0 Å². The van der Waals surface area contributed by atoms with E-state index in [-0.39, 0.29) is 5.91 Å². The molecule has 1 heterocycles. The second kappa shape index (κ2) is 10.5. The molecule has 0 unspecified atom stereocenters. The van der Waals surface area contributed by atoms with E-state index in [0.29, 0.717) is 22.3 Å². The minimum Gasteiger partial charge on any atom is -0.444 e. The Bertz CT molecular complexity index is 1000. The molecule has 0 aliphatic heterocycles. The van der Waals surface area contributed by atoms with Gasteiger partial charge in [0.1, 0.15) is 17.4 Å². The Morgan fingerprint density at radius 2 is 2.00 bits per heavy atom. The molecule has 162 valence electrons. The Morgan fingerprint density at radius 1 is 1.26 bits per heavy atom. The first kappa shape index (κ1) is 23.8. The first-order valence-corrected chi connectivity index (χ1v) is 9.78. The molecule has 1 aromatic carbocycles. The standard InChI is InChI=1S/C23H24ClN3O4/c1-6-17(26-15(2)28)9-7-16-8-12-21(25-14-16)30-20-11-10-18(13-19(20)24)27-22(29)31-23(3,4)5/h1,7-14,17H,2-5H3,(H,26,28)(H,27,29)/b9-7+/t17-/m0/s1. The van der Waals surface area contributed by atoms with Gasteiger partial charge in [-0.3, -0.25) is 10.1 Å². The summed E-state index contributed by atoms with van der Waals surface area (Å²) in [5, 5.41) is 5.53. The minimum absolute atomic E-state index is 0.210. The van der Waals surface area contributed by atoms with E-state index in [2.05, 4.69) is 21.5 Å². The molecule has 1 aromatic heterocycles. The van der Waals surface area contributed by atoms with Crippen LogP contribution in [-0.4, -0.2) is 28.6 Å². The van der Waals surface area contributed by atoms with E-state index in [1.54, 1.807) is 69.5 Å². The molecule has 31 heavy (non-hydrogen) atoms. The highest BCUT2D eigenvalue weighted by Crippen LogP contribution is 2.31. The highest BCUT2D eigenvalue weighted by Gasteiger charge is 2.16. The molecular formula is C23H24ClN3O4. The molecule has 0 aliphatic rings. The maximum atomic E-state index is 11.9. The summed E-state index contributed by atoms with van der Waals surface area (Å²) in [5.74, 6) is 2.97. The third kappa shape index (κ3) is 8.41. The number of benzene rings is 1. The van der Waals surface area contributed by atoms with Crippen LogP contribution in [0, 0.1) is 12.3 Å². The number of nitrogens with zero attached hydrogens (tertiary/aromatic N) is 1. The van der Waals surface area contributed by atoms with Crippen LogP contribution in [0.15, 0.2) is 42.6 Å². The number of carbonyl (C=O) groups excluding carboxylic acids is 2. The predicted octanol–water partition coefficient (Wildman–Crippen LogP) is 5.03. The van der Waals surface area contributed by atoms with E-state index in [1.165, 1.54) is 6.92 Å². The lowest BCUT2D eigenvalue weighted by Gasteiger charge is -2.19. The quantitative estimate of drug-likeness (QED) is 0.614. The van der Waals surface area contributed by atoms with Crippen molar-refractivity contribution in [1.29, 1.82) is 0 Å². The van der Waals surface area contributed by atoms with Crippen LogP contribution < -0.4 is 15.4 Å². The molecule has 0 bridgehead atoms. The van der Waals surface area contributed by atoms with Crippen molar-refractivity contribution in [1.82, 2.24) is 10.3 Å². The monoisotopic (exact) mass is 441 g/mol. The third-order valence-electron chi connectivity index (χ3n) is 3.57. The number of aromatic nitrogens is 1. The number of pyridine rings is 1. The van der Waals surface area contributed by atoms with E-state index in [9.17, 15) is 9.59 Å². The summed E-state index contributed by atoms with van der Waals surface area (Å²) in [6.07, 6.45) is 9.84. The van der Waals surface area contributed by atoms with Gasteiger partial charge in [0, 0.05) is 24.9 Å². The van der Waals surface area contributed by atoms with Crippen LogP contribution in [-0.2, 0) is 9.53 Å². The number of halogens is 1. The lowest BCUT2D eigenvalue weighted by Crippen LogP contribution is -2.29. The number of terminal acetylenes is 1. The highest BCUT2D eigenvalue weighted by atomic mass is 35.5. The Labute approximate surface area is 186 Å². The normalized spacial score (nSPS) is 12.0. The molecule has 0 spiro atoms. The van der Waals surface area contributed by atoms with Crippen LogP contribution in [0.25, 0.3) is 6.08 Å². The van der Waals surface area contributed by atoms with E-state index in [4.69, 9.17) is 27.5 Å². The van der Waals surface area contributed by atoms with E-state index in [0.717, 1.165) is 5.56 Å². The summed E-state index contributed by atoms with van der Waals surface area (Å²) in [6.45, 7) is 6.74. The zero-order valence-electron chi connectivity index (χ0n) is 17.7. The van der Waals surface area contributed by atoms with Crippen molar-refractivity contribution >= 4 is 35.4 Å². The average molecular weight is 442 g/mol. The lowest BCUT2D eigenvalue weighted by molar-refractivity contribution is -0.119. The Morgan fingerprint density at radius 3 is 2.55 bits per heavy atom. The number of ether oxygens (including phenoxy) is 2. The van der Waals surface area contributed by atoms with Gasteiger partial charge in [-0.15, -0.1) is 6.42 Å². The average Bonchev–Trinajstić information content (AvgIpc) is 2.66. The molecular weight excluding hydrogens is 418 g/mol. The molecule has 8 heteroatoms. The van der Waals surface area contributed by atoms with Gasteiger partial charge in [-0.05, 0) is 56.7 Å². The molecule has 0 saturated heterocycles. The predicted molar refractivity (Wildman–Crippen MR) is 121 cm³/mol. The molecule has 2 amide bonds. The van der Waals surface area contributed by atoms with Gasteiger partial charge in [-0.25, -0.2) is 9.78 Å². The summed E-state index contributed by atoms with van der Waals surface area (Å²) >= 11 is 6.26. The third-order valence-corrected chi connectivity index (χ3v) is 3.87. The molecule has 2 N–H and O–H groups in total. The molecule has 2 aromatic rings. The van der Waals surface area contributed by atoms with Crippen molar-refractivity contribution in [2.45, 2.75) is 39.3 Å². The fraction of sp³-hybridized carbons (Fsp3) is 0.261. The number of amides is 2. The van der Waals surface area contributed by atoms with Crippen LogP contribution in [0.4, 0.5) is 10.5 Å². The number of hydrogen-bond acceptors (Lipinski definition) is 5. The molecule has 0 aliphatic carbocycles. The molecule has 0 radical (unpaired) electrons. The van der Waals surface area contributed by atoms with Gasteiger partial charge in [-0.2, -0.15) is 0 Å². The van der Waals surface area contributed by atoms with Crippen molar-refractivity contribution in [3.05, 3.63) is 53.2 Å². The molecule has 1 atom stereocenters. The van der Waals surface area contributed by atoms with Crippen molar-refractivity contribution < 1.29 is 19.1 Å². The van der Waals surface area contributed by atoms with Gasteiger partial charge in [0.2, 0.25) is 11.8 Å². The topological polar surface area (TPSA) is 89.6 Å². The summed E-state index contributed by atoms with van der Waals surface area (Å²) in [6, 6.07) is 7.78. The van der Waals surface area contributed by atoms with Crippen LogP contribution in [0.5, 0.6) is 11.6 Å². The maximum Gasteiger partial charge on any atom is 0.412 e. The first-order chi connectivity index (χ1) is 14.6. The summed E-state index contributed by atoms with van der Waals surface area (Å²) in [5.41, 5.74) is 0.651. The van der Waals surface area contributed by atoms with Crippen molar-refractivity contribution in [2.24, 2.45) is 0 Å². The molecule has 2 rings (SSSR count). The number of nitrogens with one attached hydrogen (secondary N) is 2. The van der Waals surface area contributed by atoms with Gasteiger partial charge in [0.05, 0.1) is 5.02 Å². The van der Waals surface area contributed by atoms with Crippen LogP contribution >= 0.6 is 11.6 Å². The molecule has 7 nitrogen and oxygen atoms in total. The Balaban J connectivity index is 2.01. The van der Waals surface area contributed by atoms with Gasteiger partial charge >= 0.3 is 6.09 Å². The number of anilines is 1. The van der Waals surface area contributed by atoms with E-state index in [1.807, 2.05) is 0 Å². The Hall–Kier alpha value is -3.50. The minimum atomic E-state index is -0.602. The number of rotatable bonds is 6. The SMILES string of the molecule is C#C[C@@H](/C=C/c1ccc(Oc2ccc(NC(=O)OC(C)(C)C)cc2Cl)nc1)NC(C)=O. The van der Waals surface area contributed by atoms with Crippen molar-refractivity contribution in [3.8, 4) is 24.0 Å². The fourth-order valence-corrected chi connectivity index (χ4v) is 2.54. The van der Waals surface area contributed by atoms with Crippen LogP contribution in [0.2, 0.25) is 5.02 Å². The van der Waals surface area contributed by atoms with Gasteiger partial charge in [0.25, 0.3) is 0 Å². The van der Waals surface area contributed by atoms with Gasteiger partial charge < -0.3 is 14.8 Å². The summed E-state index contributed by atoms with van der Waals surface area (Å²) in [7, 11) is 0. The summed E-state index contributed by atoms with van der Waals surface area (Å²) in [4.78, 5) is 27.2. The lowest BCUT2D eigenvalue weighted by atomic mass is 10.2. The largest absolute Gasteiger partial charge is 0.444 e. The molecule has 0 saturated carbocycles. The Kier molecular flexibility index (Phi) is 8.06. The second-order valence-corrected chi connectivity index (χ2v) is 7.92. The smallest absolute Gasteiger partial charge is 0.412 e. The molecule has 0 fully saturated rings. The number of carbonyl (C=O) groups is 2. The van der Waals surface area contributed by atoms with Crippen molar-refractivity contribution in [2.75, 3.05) is 5.32 Å². The highest BCUT2D eigenvalue weighted by molar-refractivity contribution is 6.32. The maximum absolute atomic E-state index is 11.9. The van der Waals surface area contributed by atoms with E-state index >= 15 is 0 Å². The number of hydrogen-bond donors (Lipinski definition) is 2.